The van der Waals surface area contributed by atoms with E-state index in [1.165, 1.54) is 16.8 Å². The Morgan fingerprint density at radius 3 is 2.43 bits per heavy atom. The number of rotatable bonds is 3. The van der Waals surface area contributed by atoms with Crippen molar-refractivity contribution in [1.29, 1.82) is 0 Å². The second kappa shape index (κ2) is 5.65. The van der Waals surface area contributed by atoms with Gasteiger partial charge in [0.1, 0.15) is 16.7 Å². The molecule has 0 saturated heterocycles. The summed E-state index contributed by atoms with van der Waals surface area (Å²) in [7, 11) is 3.03. The van der Waals surface area contributed by atoms with E-state index in [-0.39, 0.29) is 16.7 Å². The molecule has 0 atom stereocenters. The number of carbonyl (C=O) groups excluding carboxylic acids is 1. The minimum absolute atomic E-state index is 0.0941. The molecule has 5 nitrogen and oxygen atoms in total. The number of hydrogen-bond acceptors (Lipinski definition) is 4. The Balaban J connectivity index is 2.06. The van der Waals surface area contributed by atoms with Crippen molar-refractivity contribution < 1.29 is 17.9 Å². The molecule has 1 aliphatic carbocycles. The number of hydrogen-bond donors (Lipinski definition) is 0. The second-order valence-electron chi connectivity index (χ2n) is 6.38. The predicted molar refractivity (Wildman–Crippen MR) is 79.9 cm³/mol. The zero-order valence-electron chi connectivity index (χ0n) is 12.4. The number of aryl methyl sites for hydroxylation is 1. The van der Waals surface area contributed by atoms with E-state index in [4.69, 9.17) is 15.4 Å². The zero-order chi connectivity index (χ0) is 15.8. The Labute approximate surface area is 129 Å². The van der Waals surface area contributed by atoms with Crippen LogP contribution in [0.25, 0.3) is 0 Å². The van der Waals surface area contributed by atoms with Crippen LogP contribution in [0.15, 0.2) is 17.2 Å². The molecule has 1 heterocycles. The molecular weight excluding hydrogens is 314 g/mol. The monoisotopic (exact) mass is 333 g/mol. The van der Waals surface area contributed by atoms with Crippen molar-refractivity contribution in [1.82, 2.24) is 4.57 Å². The highest BCUT2D eigenvalue weighted by molar-refractivity contribution is 8.13. The van der Waals surface area contributed by atoms with Crippen molar-refractivity contribution in [3.8, 4) is 0 Å². The average Bonchev–Trinajstić information content (AvgIpc) is 2.74. The minimum atomic E-state index is -3.84. The third-order valence-corrected chi connectivity index (χ3v) is 5.35. The van der Waals surface area contributed by atoms with Gasteiger partial charge in [0, 0.05) is 23.9 Å². The van der Waals surface area contributed by atoms with Crippen LogP contribution in [0.1, 0.15) is 50.0 Å². The molecule has 1 aromatic heterocycles. The van der Waals surface area contributed by atoms with Crippen LogP contribution < -0.4 is 0 Å². The third-order valence-electron chi connectivity index (χ3n) is 4.03. The molecule has 21 heavy (non-hydrogen) atoms. The van der Waals surface area contributed by atoms with Crippen LogP contribution in [-0.4, -0.2) is 25.1 Å². The van der Waals surface area contributed by atoms with E-state index in [0.717, 1.165) is 25.7 Å². The van der Waals surface area contributed by atoms with E-state index in [2.05, 4.69) is 13.8 Å². The lowest BCUT2D eigenvalue weighted by atomic mass is 9.76. The number of ether oxygens (including phenoxy) is 1. The summed E-state index contributed by atoms with van der Waals surface area (Å²) >= 11 is 0. The molecule has 0 radical (unpaired) electrons. The van der Waals surface area contributed by atoms with Crippen LogP contribution in [0.5, 0.6) is 0 Å². The highest BCUT2D eigenvalue weighted by atomic mass is 35.7. The maximum Gasteiger partial charge on any atom is 0.355 e. The van der Waals surface area contributed by atoms with E-state index in [0.29, 0.717) is 5.41 Å². The molecule has 2 rings (SSSR count). The predicted octanol–water partition coefficient (Wildman–Crippen LogP) is 3.08. The van der Waals surface area contributed by atoms with Crippen molar-refractivity contribution in [3.05, 3.63) is 18.0 Å². The molecule has 0 aliphatic heterocycles. The van der Waals surface area contributed by atoms with Gasteiger partial charge in [0.15, 0.2) is 0 Å². The fourth-order valence-electron chi connectivity index (χ4n) is 2.57. The third kappa shape index (κ3) is 4.01. The smallest absolute Gasteiger partial charge is 0.355 e. The summed E-state index contributed by atoms with van der Waals surface area (Å²) in [5.74, 6) is -0.506. The number of halogens is 1. The van der Waals surface area contributed by atoms with Crippen LogP contribution in [0.3, 0.4) is 0 Å². The summed E-state index contributed by atoms with van der Waals surface area (Å²) in [6, 6.07) is 1.25. The Bertz CT molecular complexity index is 638. The van der Waals surface area contributed by atoms with Crippen LogP contribution >= 0.6 is 10.7 Å². The quantitative estimate of drug-likeness (QED) is 0.630. The second-order valence-corrected chi connectivity index (χ2v) is 8.94. The van der Waals surface area contributed by atoms with Gasteiger partial charge in [-0.3, -0.25) is 0 Å². The molecular formula is C14H20ClNO4S. The highest BCUT2D eigenvalue weighted by Crippen LogP contribution is 2.36. The van der Waals surface area contributed by atoms with Crippen molar-refractivity contribution in [2.45, 2.75) is 50.5 Å². The van der Waals surface area contributed by atoms with Gasteiger partial charge in [-0.2, -0.15) is 0 Å². The Kier molecular flexibility index (Phi) is 4.40. The standard InChI is InChI=1S/C14H20ClNO4S/c1-14(2)6-4-10(5-7-14)20-13(17)12-8-11(9-16(12)3)21(15,18)19/h8-10H,4-7H2,1-3H3. The summed E-state index contributed by atoms with van der Waals surface area (Å²) in [5.41, 5.74) is 0.493. The van der Waals surface area contributed by atoms with Gasteiger partial charge in [0.25, 0.3) is 9.05 Å². The van der Waals surface area contributed by atoms with E-state index in [9.17, 15) is 13.2 Å². The van der Waals surface area contributed by atoms with Crippen LogP contribution in [0.2, 0.25) is 0 Å². The van der Waals surface area contributed by atoms with Gasteiger partial charge >= 0.3 is 5.97 Å². The van der Waals surface area contributed by atoms with Gasteiger partial charge in [-0.15, -0.1) is 0 Å². The molecule has 0 aromatic carbocycles. The van der Waals surface area contributed by atoms with Crippen molar-refractivity contribution in [2.24, 2.45) is 12.5 Å². The largest absolute Gasteiger partial charge is 0.458 e. The Hall–Kier alpha value is -1.01. The molecule has 1 saturated carbocycles. The molecule has 1 aliphatic rings. The maximum atomic E-state index is 12.2. The van der Waals surface area contributed by atoms with Gasteiger partial charge in [0.05, 0.1) is 0 Å². The summed E-state index contributed by atoms with van der Waals surface area (Å²) in [6.45, 7) is 4.42. The Morgan fingerprint density at radius 2 is 1.95 bits per heavy atom. The molecule has 0 bridgehead atoms. The first-order valence-electron chi connectivity index (χ1n) is 6.90. The van der Waals surface area contributed by atoms with Gasteiger partial charge in [-0.1, -0.05) is 13.8 Å². The lowest BCUT2D eigenvalue weighted by Gasteiger charge is -2.33. The maximum absolute atomic E-state index is 12.2. The van der Waals surface area contributed by atoms with Crippen LogP contribution in [0.4, 0.5) is 0 Å². The number of nitrogens with zero attached hydrogens (tertiary/aromatic N) is 1. The summed E-state index contributed by atoms with van der Waals surface area (Å²) < 4.78 is 29.5. The molecule has 0 amide bonds. The van der Waals surface area contributed by atoms with E-state index < -0.39 is 15.0 Å². The van der Waals surface area contributed by atoms with Gasteiger partial charge in [-0.25, -0.2) is 13.2 Å². The lowest BCUT2D eigenvalue weighted by Crippen LogP contribution is -2.28. The van der Waals surface area contributed by atoms with Crippen LogP contribution in [-0.2, 0) is 20.8 Å². The van der Waals surface area contributed by atoms with Crippen molar-refractivity contribution in [2.75, 3.05) is 0 Å². The number of carbonyl (C=O) groups is 1. The topological polar surface area (TPSA) is 65.4 Å². The van der Waals surface area contributed by atoms with E-state index in [1.807, 2.05) is 0 Å². The molecule has 1 fully saturated rings. The Morgan fingerprint density at radius 1 is 1.38 bits per heavy atom. The first-order valence-corrected chi connectivity index (χ1v) is 9.21. The van der Waals surface area contributed by atoms with Crippen molar-refractivity contribution in [3.63, 3.8) is 0 Å². The molecule has 0 spiro atoms. The fraction of sp³-hybridized carbons (Fsp3) is 0.643. The number of aromatic nitrogens is 1. The van der Waals surface area contributed by atoms with Gasteiger partial charge < -0.3 is 9.30 Å². The molecule has 0 unspecified atom stereocenters. The fourth-order valence-corrected chi connectivity index (χ4v) is 3.36. The van der Waals surface area contributed by atoms with Gasteiger partial charge in [-0.05, 0) is 37.2 Å². The molecule has 0 N–H and O–H groups in total. The first-order chi connectivity index (χ1) is 9.58. The van der Waals surface area contributed by atoms with E-state index in [1.54, 1.807) is 7.05 Å². The van der Waals surface area contributed by atoms with Crippen LogP contribution in [0, 0.1) is 5.41 Å². The summed E-state index contributed by atoms with van der Waals surface area (Å²) in [5, 5.41) is 0. The van der Waals surface area contributed by atoms with Crippen molar-refractivity contribution >= 4 is 25.7 Å². The number of esters is 1. The minimum Gasteiger partial charge on any atom is -0.458 e. The summed E-state index contributed by atoms with van der Waals surface area (Å²) in [4.78, 5) is 12.1. The first kappa shape index (κ1) is 16.4. The molecule has 118 valence electrons. The highest BCUT2D eigenvalue weighted by Gasteiger charge is 2.30. The van der Waals surface area contributed by atoms with E-state index >= 15 is 0 Å². The lowest BCUT2D eigenvalue weighted by molar-refractivity contribution is 0.00856. The summed E-state index contributed by atoms with van der Waals surface area (Å²) in [6.07, 6.45) is 4.91. The molecule has 1 aromatic rings. The average molecular weight is 334 g/mol. The normalized spacial score (nSPS) is 19.4. The SMILES string of the molecule is Cn1cc(S(=O)(=O)Cl)cc1C(=O)OC1CCC(C)(C)CC1. The zero-order valence-corrected chi connectivity index (χ0v) is 14.0. The molecule has 7 heteroatoms. The van der Waals surface area contributed by atoms with Gasteiger partial charge in [0.2, 0.25) is 0 Å².